The molecule has 0 heterocycles. The van der Waals surface area contributed by atoms with Crippen molar-refractivity contribution >= 4 is 6.08 Å². The molecular weight excluding hydrogens is 204 g/mol. The van der Waals surface area contributed by atoms with Gasteiger partial charge in [-0.1, -0.05) is 30.9 Å². The van der Waals surface area contributed by atoms with E-state index in [0.717, 1.165) is 11.1 Å². The lowest BCUT2D eigenvalue weighted by Crippen LogP contribution is -2.20. The van der Waals surface area contributed by atoms with Crippen LogP contribution in [0.25, 0.3) is 6.08 Å². The summed E-state index contributed by atoms with van der Waals surface area (Å²) in [7, 11) is 0. The summed E-state index contributed by atoms with van der Waals surface area (Å²) in [5, 5.41) is 17.8. The van der Waals surface area contributed by atoms with E-state index >= 15 is 0 Å². The van der Waals surface area contributed by atoms with Gasteiger partial charge in [-0.05, 0) is 24.1 Å². The lowest BCUT2D eigenvalue weighted by Gasteiger charge is -2.16. The van der Waals surface area contributed by atoms with E-state index in [2.05, 4.69) is 6.58 Å². The van der Waals surface area contributed by atoms with Crippen molar-refractivity contribution in [3.05, 3.63) is 42.0 Å². The van der Waals surface area contributed by atoms with Crippen LogP contribution in [0.2, 0.25) is 0 Å². The van der Waals surface area contributed by atoms with Gasteiger partial charge in [-0.3, -0.25) is 0 Å². The van der Waals surface area contributed by atoms with Crippen LogP contribution in [0.4, 0.5) is 0 Å². The molecule has 1 aromatic carbocycles. The Morgan fingerprint density at radius 1 is 1.50 bits per heavy atom. The normalized spacial score (nSPS) is 14.4. The van der Waals surface area contributed by atoms with Gasteiger partial charge in [0, 0.05) is 0 Å². The van der Waals surface area contributed by atoms with Gasteiger partial charge in [0.15, 0.2) is 0 Å². The summed E-state index contributed by atoms with van der Waals surface area (Å²) in [6.45, 7) is 5.47. The van der Waals surface area contributed by atoms with Gasteiger partial charge < -0.3 is 14.9 Å². The standard InChI is InChI=1S/C13H18O3/c1-3-11-5-4-6-12(7-11)10(2)16-9-13(15)8-14/h3-7,10,13-15H,1,8-9H2,2H3. The second-order valence-electron chi connectivity index (χ2n) is 3.69. The van der Waals surface area contributed by atoms with Crippen LogP contribution in [-0.4, -0.2) is 29.5 Å². The first-order valence-corrected chi connectivity index (χ1v) is 5.30. The molecule has 2 unspecified atom stereocenters. The van der Waals surface area contributed by atoms with Crippen molar-refractivity contribution in [2.24, 2.45) is 0 Å². The minimum absolute atomic E-state index is 0.110. The molecule has 16 heavy (non-hydrogen) atoms. The number of benzene rings is 1. The Kier molecular flexibility index (Phi) is 5.19. The number of hydrogen-bond donors (Lipinski definition) is 2. The van der Waals surface area contributed by atoms with Gasteiger partial charge in [0.05, 0.1) is 19.3 Å². The average Bonchev–Trinajstić information content (AvgIpc) is 2.35. The highest BCUT2D eigenvalue weighted by molar-refractivity contribution is 5.48. The van der Waals surface area contributed by atoms with Gasteiger partial charge in [-0.25, -0.2) is 0 Å². The SMILES string of the molecule is C=Cc1cccc(C(C)OCC(O)CO)c1. The summed E-state index contributed by atoms with van der Waals surface area (Å²) in [4.78, 5) is 0. The highest BCUT2D eigenvalue weighted by atomic mass is 16.5. The largest absolute Gasteiger partial charge is 0.394 e. The fourth-order valence-electron chi connectivity index (χ4n) is 1.34. The second kappa shape index (κ2) is 6.43. The Bertz CT molecular complexity index is 336. The number of aliphatic hydroxyl groups excluding tert-OH is 2. The van der Waals surface area contributed by atoms with Gasteiger partial charge in [0.2, 0.25) is 0 Å². The molecule has 0 amide bonds. The third kappa shape index (κ3) is 3.77. The molecule has 0 aromatic heterocycles. The van der Waals surface area contributed by atoms with E-state index in [1.165, 1.54) is 0 Å². The molecule has 0 saturated heterocycles. The average molecular weight is 222 g/mol. The number of ether oxygens (including phenoxy) is 1. The Labute approximate surface area is 96.0 Å². The quantitative estimate of drug-likeness (QED) is 0.771. The summed E-state index contributed by atoms with van der Waals surface area (Å²) in [5.74, 6) is 0. The Balaban J connectivity index is 2.58. The molecule has 0 aliphatic rings. The molecule has 0 aliphatic heterocycles. The van der Waals surface area contributed by atoms with E-state index in [4.69, 9.17) is 14.9 Å². The predicted molar refractivity (Wildman–Crippen MR) is 64.0 cm³/mol. The summed E-state index contributed by atoms with van der Waals surface area (Å²) in [6.07, 6.45) is 0.852. The maximum atomic E-state index is 9.16. The van der Waals surface area contributed by atoms with E-state index in [9.17, 15) is 0 Å². The van der Waals surface area contributed by atoms with Crippen molar-refractivity contribution in [1.82, 2.24) is 0 Å². The van der Waals surface area contributed by atoms with Gasteiger partial charge in [0.25, 0.3) is 0 Å². The minimum atomic E-state index is -0.815. The fourth-order valence-corrected chi connectivity index (χ4v) is 1.34. The molecule has 3 heteroatoms. The Hall–Kier alpha value is -1.16. The molecule has 0 saturated carbocycles. The van der Waals surface area contributed by atoms with Crippen LogP contribution in [0.15, 0.2) is 30.8 Å². The van der Waals surface area contributed by atoms with Gasteiger partial charge in [-0.2, -0.15) is 0 Å². The molecule has 0 fully saturated rings. The zero-order valence-electron chi connectivity index (χ0n) is 9.47. The van der Waals surface area contributed by atoms with Gasteiger partial charge in [-0.15, -0.1) is 0 Å². The molecular formula is C13H18O3. The van der Waals surface area contributed by atoms with E-state index in [1.807, 2.05) is 31.2 Å². The Morgan fingerprint density at radius 2 is 2.25 bits per heavy atom. The molecule has 0 spiro atoms. The summed E-state index contributed by atoms with van der Waals surface area (Å²) in [6, 6.07) is 7.85. The predicted octanol–water partition coefficient (Wildman–Crippen LogP) is 1.76. The van der Waals surface area contributed by atoms with Crippen LogP contribution in [-0.2, 0) is 4.74 Å². The number of hydrogen-bond acceptors (Lipinski definition) is 3. The fraction of sp³-hybridized carbons (Fsp3) is 0.385. The second-order valence-corrected chi connectivity index (χ2v) is 3.69. The zero-order valence-corrected chi connectivity index (χ0v) is 9.47. The molecule has 3 nitrogen and oxygen atoms in total. The summed E-state index contributed by atoms with van der Waals surface area (Å²) >= 11 is 0. The van der Waals surface area contributed by atoms with Crippen LogP contribution >= 0.6 is 0 Å². The van der Waals surface area contributed by atoms with Crippen LogP contribution in [0.1, 0.15) is 24.2 Å². The maximum Gasteiger partial charge on any atom is 0.100 e. The first-order valence-electron chi connectivity index (χ1n) is 5.30. The third-order valence-corrected chi connectivity index (χ3v) is 2.37. The lowest BCUT2D eigenvalue weighted by molar-refractivity contribution is -0.0235. The maximum absolute atomic E-state index is 9.16. The first kappa shape index (κ1) is 12.9. The van der Waals surface area contributed by atoms with Crippen molar-refractivity contribution in [2.45, 2.75) is 19.1 Å². The van der Waals surface area contributed by atoms with Crippen molar-refractivity contribution in [3.8, 4) is 0 Å². The lowest BCUT2D eigenvalue weighted by atomic mass is 10.1. The van der Waals surface area contributed by atoms with E-state index in [0.29, 0.717) is 0 Å². The van der Waals surface area contributed by atoms with Crippen molar-refractivity contribution in [1.29, 1.82) is 0 Å². The highest BCUT2D eigenvalue weighted by Gasteiger charge is 2.09. The van der Waals surface area contributed by atoms with Crippen molar-refractivity contribution < 1.29 is 14.9 Å². The summed E-state index contributed by atoms with van der Waals surface area (Å²) < 4.78 is 5.44. The molecule has 0 radical (unpaired) electrons. The van der Waals surface area contributed by atoms with Crippen LogP contribution in [0.3, 0.4) is 0 Å². The van der Waals surface area contributed by atoms with Gasteiger partial charge >= 0.3 is 0 Å². The number of rotatable bonds is 6. The van der Waals surface area contributed by atoms with Crippen molar-refractivity contribution in [3.63, 3.8) is 0 Å². The molecule has 88 valence electrons. The molecule has 0 bridgehead atoms. The molecule has 2 N–H and O–H groups in total. The summed E-state index contributed by atoms with van der Waals surface area (Å²) in [5.41, 5.74) is 2.07. The van der Waals surface area contributed by atoms with Gasteiger partial charge in [0.1, 0.15) is 6.10 Å². The monoisotopic (exact) mass is 222 g/mol. The van der Waals surface area contributed by atoms with Crippen LogP contribution < -0.4 is 0 Å². The molecule has 1 aromatic rings. The highest BCUT2D eigenvalue weighted by Crippen LogP contribution is 2.18. The molecule has 0 aliphatic carbocycles. The minimum Gasteiger partial charge on any atom is -0.394 e. The number of aliphatic hydroxyl groups is 2. The smallest absolute Gasteiger partial charge is 0.100 e. The van der Waals surface area contributed by atoms with E-state index in [1.54, 1.807) is 6.08 Å². The van der Waals surface area contributed by atoms with Crippen LogP contribution in [0.5, 0.6) is 0 Å². The first-order chi connectivity index (χ1) is 7.67. The molecule has 2 atom stereocenters. The van der Waals surface area contributed by atoms with Crippen molar-refractivity contribution in [2.75, 3.05) is 13.2 Å². The van der Waals surface area contributed by atoms with Crippen LogP contribution in [0, 0.1) is 0 Å². The van der Waals surface area contributed by atoms with E-state index in [-0.39, 0.29) is 19.3 Å². The molecule has 1 rings (SSSR count). The van der Waals surface area contributed by atoms with E-state index < -0.39 is 6.10 Å². The zero-order chi connectivity index (χ0) is 12.0. The topological polar surface area (TPSA) is 49.7 Å². The third-order valence-electron chi connectivity index (χ3n) is 2.37. The Morgan fingerprint density at radius 3 is 2.88 bits per heavy atom.